The van der Waals surface area contributed by atoms with Gasteiger partial charge in [0.05, 0.1) is 12.6 Å². The minimum Gasteiger partial charge on any atom is 0 e. The smallest absolute Gasteiger partial charge is 0 e. The molecule has 0 N–H and O–H groups in total. The number of ether oxygens (including phenoxy) is 1. The van der Waals surface area contributed by atoms with Crippen molar-refractivity contribution < 1.29 is 66.2 Å². The van der Waals surface area contributed by atoms with Crippen LogP contribution in [-0.2, 0) is 66.2 Å². The van der Waals surface area contributed by atoms with E-state index in [0.717, 1.165) is 13.2 Å². The van der Waals surface area contributed by atoms with E-state index in [1.54, 1.807) is 7.11 Å². The third kappa shape index (κ3) is 44.4. The number of hydrogen-bond acceptors (Lipinski definition) is 2. The molecule has 1 atom stereocenters. The zero-order valence-corrected chi connectivity index (χ0v) is 19.0. The quantitative estimate of drug-likeness (QED) is 0.249. The summed E-state index contributed by atoms with van der Waals surface area (Å²) in [5.41, 5.74) is 3.41. The van der Waals surface area contributed by atoms with E-state index in [1.807, 2.05) is 0 Å². The molecule has 0 aromatic rings. The average molecular weight is 497 g/mol. The Balaban J connectivity index is -0.0000000410. The van der Waals surface area contributed by atoms with Gasteiger partial charge in [0.2, 0.25) is 0 Å². The normalized spacial score (nSPS) is 11.4. The van der Waals surface area contributed by atoms with E-state index in [4.69, 9.17) is 32.6 Å². The second-order valence-corrected chi connectivity index (χ2v) is 9.68. The van der Waals surface area contributed by atoms with E-state index >= 15 is 0 Å². The monoisotopic (exact) mass is 497 g/mol. The van der Waals surface area contributed by atoms with Gasteiger partial charge in [-0.25, -0.2) is 0 Å². The molecule has 1 aliphatic heterocycles. The van der Waals surface area contributed by atoms with Gasteiger partial charge in [-0.1, -0.05) is 19.6 Å². The molecule has 8 nitrogen and oxygen atoms in total. The Bertz CT molecular complexity index is 425. The van der Waals surface area contributed by atoms with Gasteiger partial charge >= 0.3 is 67.8 Å². The Morgan fingerprint density at radius 1 is 0.857 bits per heavy atom. The molecule has 0 bridgehead atoms. The van der Waals surface area contributed by atoms with Crippen LogP contribution in [0.15, 0.2) is 0 Å². The molecule has 1 heterocycles. The van der Waals surface area contributed by atoms with Crippen LogP contribution in [0.3, 0.4) is 0 Å². The van der Waals surface area contributed by atoms with Crippen LogP contribution in [0.4, 0.5) is 0 Å². The molecule has 1 saturated heterocycles. The van der Waals surface area contributed by atoms with E-state index in [9.17, 15) is 0 Å². The summed E-state index contributed by atoms with van der Waals surface area (Å²) in [6, 6.07) is 3.85. The summed E-state index contributed by atoms with van der Waals surface area (Å²) in [6.07, 6.45) is 2.49. The molecule has 28 heavy (non-hydrogen) atoms. The minimum absolute atomic E-state index is 0. The van der Waals surface area contributed by atoms with Gasteiger partial charge in [0.25, 0.3) is 0 Å². The predicted molar refractivity (Wildman–Crippen MR) is 86.3 cm³/mol. The molecule has 158 valence electrons. The molecule has 1 fully saturated rings. The van der Waals surface area contributed by atoms with E-state index in [0.29, 0.717) is 6.04 Å². The molecular formula is C17H21Co2NO7Si. The van der Waals surface area contributed by atoms with Gasteiger partial charge in [0, 0.05) is 53.3 Å². The number of rotatable bonds is 2. The van der Waals surface area contributed by atoms with Crippen molar-refractivity contribution in [3.8, 4) is 11.6 Å². The molecule has 0 aliphatic carbocycles. The van der Waals surface area contributed by atoms with Crippen LogP contribution in [0.25, 0.3) is 0 Å². The van der Waals surface area contributed by atoms with E-state index in [-0.39, 0.29) is 33.6 Å². The Labute approximate surface area is 189 Å². The molecule has 11 heteroatoms. The largest absolute Gasteiger partial charge is 0 e. The number of nitrogens with zero attached hydrogens (tertiary/aromatic N) is 1. The number of likely N-dealkylation sites (tertiary alicyclic amines) is 1. The van der Waals surface area contributed by atoms with Crippen molar-refractivity contribution in [1.29, 1.82) is 0 Å². The summed E-state index contributed by atoms with van der Waals surface area (Å²) >= 11 is 0. The van der Waals surface area contributed by atoms with Crippen LogP contribution in [0.5, 0.6) is 0 Å². The predicted octanol–water partition coefficient (Wildman–Crippen LogP) is 1.71. The van der Waals surface area contributed by atoms with Gasteiger partial charge in [0.15, 0.2) is 0 Å². The van der Waals surface area contributed by atoms with Crippen molar-refractivity contribution in [2.75, 3.05) is 20.3 Å². The van der Waals surface area contributed by atoms with Gasteiger partial charge in [0.1, 0.15) is 8.07 Å². The first-order chi connectivity index (χ1) is 12.5. The molecule has 0 spiro atoms. The number of methoxy groups -OCH3 is 1. The van der Waals surface area contributed by atoms with Crippen LogP contribution in [0.1, 0.15) is 12.8 Å². The zero-order chi connectivity index (χ0) is 22.6. The molecule has 0 unspecified atom stereocenters. The van der Waals surface area contributed by atoms with Gasteiger partial charge in [-0.3, -0.25) is 0 Å². The van der Waals surface area contributed by atoms with Crippen molar-refractivity contribution in [3.05, 3.63) is 39.9 Å². The summed E-state index contributed by atoms with van der Waals surface area (Å²) < 4.78 is 50.2. The van der Waals surface area contributed by atoms with E-state index in [1.165, 1.54) is 12.8 Å². The van der Waals surface area contributed by atoms with Crippen LogP contribution >= 0.6 is 0 Å². The summed E-state index contributed by atoms with van der Waals surface area (Å²) in [7, 11) is 0.545. The SMILES string of the molecule is COC[C@@H]1CCCN1C#C[Si](C)(C)C.[C-]#[O+].[C-]#[O+].[C-]#[O+].[C-]#[O+].[C-]#[O+].[C-]#[O+].[Co].[Co]. The van der Waals surface area contributed by atoms with Crippen LogP contribution < -0.4 is 0 Å². The second kappa shape index (κ2) is 50.2. The first-order valence-corrected chi connectivity index (χ1v) is 10.0. The fourth-order valence-corrected chi connectivity index (χ4v) is 2.07. The standard InChI is InChI=1S/C11H21NOSi.6CO.2Co/c1-13-10-11-6-5-7-12(11)8-9-14(2,3)4;6*1-2;;/h11H,5-7,10H2,1-4H3;;;;;;;;/t11-;;;;;;;;/m0......../s1. The molecule has 1 aliphatic rings. The maximum atomic E-state index is 7.50. The molecule has 0 aromatic heterocycles. The van der Waals surface area contributed by atoms with Crippen molar-refractivity contribution in [2.45, 2.75) is 38.5 Å². The Morgan fingerprint density at radius 3 is 1.50 bits per heavy atom. The zero-order valence-electron chi connectivity index (χ0n) is 15.9. The fourth-order valence-electron chi connectivity index (χ4n) is 1.59. The van der Waals surface area contributed by atoms with Crippen molar-refractivity contribution in [1.82, 2.24) is 4.90 Å². The van der Waals surface area contributed by atoms with E-state index in [2.05, 4.69) is 76.0 Å². The summed E-state index contributed by atoms with van der Waals surface area (Å²) in [6.45, 7) is 35.8. The fraction of sp³-hybridized carbons (Fsp3) is 0.529. The van der Waals surface area contributed by atoms with Gasteiger partial charge in [-0.05, 0) is 12.8 Å². The summed E-state index contributed by atoms with van der Waals surface area (Å²) in [5, 5.41) is 0. The van der Waals surface area contributed by atoms with Gasteiger partial charge in [-0.15, -0.1) is 5.54 Å². The first kappa shape index (κ1) is 50.6. The topological polar surface area (TPSA) is 132 Å². The van der Waals surface area contributed by atoms with Gasteiger partial charge < -0.3 is 9.64 Å². The number of hydrogen-bond donors (Lipinski definition) is 0. The van der Waals surface area contributed by atoms with Crippen LogP contribution in [0.2, 0.25) is 19.6 Å². The van der Waals surface area contributed by atoms with Crippen LogP contribution in [0, 0.1) is 51.5 Å². The Morgan fingerprint density at radius 2 is 1.21 bits per heavy atom. The molecule has 0 saturated carbocycles. The third-order valence-electron chi connectivity index (χ3n) is 2.31. The van der Waals surface area contributed by atoms with Crippen molar-refractivity contribution >= 4 is 8.07 Å². The maximum absolute atomic E-state index is 7.50. The minimum atomic E-state index is -1.22. The maximum Gasteiger partial charge on any atom is 0 e. The Kier molecular flexibility index (Phi) is 90.5. The molecule has 0 aromatic carbocycles. The summed E-state index contributed by atoms with van der Waals surface area (Å²) in [5.74, 6) is 0. The molecule has 1 rings (SSSR count). The van der Waals surface area contributed by atoms with Crippen molar-refractivity contribution in [3.63, 3.8) is 0 Å². The Hall–Kier alpha value is -1.01. The van der Waals surface area contributed by atoms with E-state index < -0.39 is 8.07 Å². The summed E-state index contributed by atoms with van der Waals surface area (Å²) in [4.78, 5) is 2.27. The first-order valence-electron chi connectivity index (χ1n) is 6.54. The molecular weight excluding hydrogens is 476 g/mol. The van der Waals surface area contributed by atoms with Crippen molar-refractivity contribution in [2.24, 2.45) is 0 Å². The second-order valence-electron chi connectivity index (χ2n) is 4.93. The van der Waals surface area contributed by atoms with Gasteiger partial charge in [-0.2, -0.15) is 0 Å². The molecule has 2 radical (unpaired) electrons. The van der Waals surface area contributed by atoms with Crippen LogP contribution in [-0.4, -0.2) is 39.3 Å². The average Bonchev–Trinajstić information content (AvgIpc) is 3.17. The third-order valence-corrected chi connectivity index (χ3v) is 3.17. The molecule has 0 amide bonds.